The van der Waals surface area contributed by atoms with Gasteiger partial charge in [0.25, 0.3) is 0 Å². The van der Waals surface area contributed by atoms with Crippen LogP contribution >= 0.6 is 0 Å². The van der Waals surface area contributed by atoms with Crippen molar-refractivity contribution in [3.63, 3.8) is 0 Å². The zero-order chi connectivity index (χ0) is 11.2. The summed E-state index contributed by atoms with van der Waals surface area (Å²) in [4.78, 5) is 12.0. The van der Waals surface area contributed by atoms with Gasteiger partial charge in [0.2, 0.25) is 0 Å². The zero-order valence-electron chi connectivity index (χ0n) is 9.75. The molecule has 0 amide bonds. The molecule has 3 nitrogen and oxygen atoms in total. The second-order valence-electron chi connectivity index (χ2n) is 5.31. The predicted octanol–water partition coefficient (Wildman–Crippen LogP) is 2.21. The lowest BCUT2D eigenvalue weighted by atomic mass is 9.64. The highest BCUT2D eigenvalue weighted by Gasteiger charge is 2.50. The fourth-order valence-electron chi connectivity index (χ4n) is 3.19. The maximum absolute atomic E-state index is 12.0. The second kappa shape index (κ2) is 3.41. The Balaban J connectivity index is 1.90. The molecule has 0 aromatic carbocycles. The zero-order valence-corrected chi connectivity index (χ0v) is 9.75. The standard InChI is InChI=1S/C13H18O3/c1-12-5-6-13(15-7-8-16-13)9-10(12)3-2-4-11(12)14/h3H,2,4-9H2,1H3/t12-/m0/s1. The number of hydrogen-bond acceptors (Lipinski definition) is 3. The molecule has 2 fully saturated rings. The van der Waals surface area contributed by atoms with Crippen LogP contribution in [0.1, 0.15) is 39.0 Å². The van der Waals surface area contributed by atoms with Gasteiger partial charge < -0.3 is 9.47 Å². The molecule has 3 heteroatoms. The lowest BCUT2D eigenvalue weighted by molar-refractivity contribution is -0.178. The van der Waals surface area contributed by atoms with Gasteiger partial charge in [-0.1, -0.05) is 11.6 Å². The molecule has 0 bridgehead atoms. The summed E-state index contributed by atoms with van der Waals surface area (Å²) in [5.74, 6) is 0.000946. The van der Waals surface area contributed by atoms with E-state index in [0.29, 0.717) is 25.4 Å². The quantitative estimate of drug-likeness (QED) is 0.589. The summed E-state index contributed by atoms with van der Waals surface area (Å²) in [5, 5.41) is 0. The molecule has 3 aliphatic rings. The van der Waals surface area contributed by atoms with Crippen LogP contribution in [0.5, 0.6) is 0 Å². The lowest BCUT2D eigenvalue weighted by Crippen LogP contribution is -2.45. The summed E-state index contributed by atoms with van der Waals surface area (Å²) in [7, 11) is 0. The fourth-order valence-corrected chi connectivity index (χ4v) is 3.19. The van der Waals surface area contributed by atoms with Gasteiger partial charge in [-0.3, -0.25) is 4.79 Å². The molecule has 3 rings (SSSR count). The number of hydrogen-bond donors (Lipinski definition) is 0. The van der Waals surface area contributed by atoms with Gasteiger partial charge in [-0.05, 0) is 19.8 Å². The molecular weight excluding hydrogens is 204 g/mol. The summed E-state index contributed by atoms with van der Waals surface area (Å²) >= 11 is 0. The van der Waals surface area contributed by atoms with Gasteiger partial charge in [0.1, 0.15) is 5.78 Å². The maximum atomic E-state index is 12.0. The van der Waals surface area contributed by atoms with Crippen molar-refractivity contribution in [1.82, 2.24) is 0 Å². The summed E-state index contributed by atoms with van der Waals surface area (Å²) in [6, 6.07) is 0. The van der Waals surface area contributed by atoms with Crippen LogP contribution in [0.15, 0.2) is 11.6 Å². The van der Waals surface area contributed by atoms with E-state index in [9.17, 15) is 4.79 Å². The van der Waals surface area contributed by atoms with Crippen molar-refractivity contribution < 1.29 is 14.3 Å². The number of carbonyl (C=O) groups is 1. The number of ketones is 1. The lowest BCUT2D eigenvalue weighted by Gasteiger charge is -2.44. The minimum Gasteiger partial charge on any atom is -0.347 e. The van der Waals surface area contributed by atoms with Crippen LogP contribution in [0.4, 0.5) is 0 Å². The number of allylic oxidation sites excluding steroid dienone is 1. The van der Waals surface area contributed by atoms with E-state index < -0.39 is 5.79 Å². The minimum absolute atomic E-state index is 0.223. The van der Waals surface area contributed by atoms with Crippen LogP contribution < -0.4 is 0 Å². The second-order valence-corrected chi connectivity index (χ2v) is 5.31. The highest BCUT2D eigenvalue weighted by atomic mass is 16.7. The molecule has 16 heavy (non-hydrogen) atoms. The first-order valence-electron chi connectivity index (χ1n) is 6.15. The van der Waals surface area contributed by atoms with Crippen molar-refractivity contribution in [2.45, 2.75) is 44.8 Å². The third-order valence-corrected chi connectivity index (χ3v) is 4.37. The van der Waals surface area contributed by atoms with E-state index in [4.69, 9.17) is 9.47 Å². The predicted molar refractivity (Wildman–Crippen MR) is 58.9 cm³/mol. The number of ether oxygens (including phenoxy) is 2. The van der Waals surface area contributed by atoms with Gasteiger partial charge in [0.05, 0.1) is 13.2 Å². The van der Waals surface area contributed by atoms with Crippen molar-refractivity contribution in [3.8, 4) is 0 Å². The summed E-state index contributed by atoms with van der Waals surface area (Å²) in [5.41, 5.74) is 1.02. The van der Waals surface area contributed by atoms with E-state index >= 15 is 0 Å². The Morgan fingerprint density at radius 1 is 1.25 bits per heavy atom. The van der Waals surface area contributed by atoms with Crippen LogP contribution in [0.3, 0.4) is 0 Å². The molecule has 1 spiro atoms. The minimum atomic E-state index is -0.400. The average molecular weight is 222 g/mol. The number of carbonyl (C=O) groups excluding carboxylic acids is 1. The van der Waals surface area contributed by atoms with Crippen LogP contribution in [0, 0.1) is 5.41 Å². The van der Waals surface area contributed by atoms with Gasteiger partial charge in [-0.15, -0.1) is 0 Å². The molecule has 1 aliphatic heterocycles. The Morgan fingerprint density at radius 3 is 2.75 bits per heavy atom. The van der Waals surface area contributed by atoms with Gasteiger partial charge in [0, 0.05) is 24.7 Å². The molecule has 0 aromatic heterocycles. The van der Waals surface area contributed by atoms with E-state index in [1.807, 2.05) is 0 Å². The first-order valence-corrected chi connectivity index (χ1v) is 6.15. The monoisotopic (exact) mass is 222 g/mol. The Hall–Kier alpha value is -0.670. The van der Waals surface area contributed by atoms with Crippen LogP contribution in [-0.4, -0.2) is 24.8 Å². The average Bonchev–Trinajstić information content (AvgIpc) is 2.71. The summed E-state index contributed by atoms with van der Waals surface area (Å²) in [6.07, 6.45) is 6.33. The molecule has 2 aliphatic carbocycles. The van der Waals surface area contributed by atoms with Crippen molar-refractivity contribution >= 4 is 5.78 Å². The molecule has 0 aromatic rings. The molecule has 0 N–H and O–H groups in total. The molecule has 0 radical (unpaired) electrons. The molecule has 1 saturated carbocycles. The third-order valence-electron chi connectivity index (χ3n) is 4.37. The van der Waals surface area contributed by atoms with E-state index in [-0.39, 0.29) is 5.41 Å². The Kier molecular flexibility index (Phi) is 2.23. The highest BCUT2D eigenvalue weighted by Crippen LogP contribution is 2.50. The number of Topliss-reactive ketones (excluding diaryl/α,β-unsaturated/α-hetero) is 1. The topological polar surface area (TPSA) is 35.5 Å². The Bertz CT molecular complexity index is 352. The third kappa shape index (κ3) is 1.38. The van der Waals surface area contributed by atoms with Gasteiger partial charge in [0.15, 0.2) is 5.79 Å². The first-order chi connectivity index (χ1) is 7.65. The number of rotatable bonds is 0. The SMILES string of the molecule is C[C@]12CCC3(CC1=CCCC2=O)OCCO3. The van der Waals surface area contributed by atoms with Crippen molar-refractivity contribution in [2.24, 2.45) is 5.41 Å². The molecule has 0 unspecified atom stereocenters. The van der Waals surface area contributed by atoms with Crippen LogP contribution in [-0.2, 0) is 14.3 Å². The van der Waals surface area contributed by atoms with Crippen molar-refractivity contribution in [3.05, 3.63) is 11.6 Å². The molecular formula is C13H18O3. The van der Waals surface area contributed by atoms with Gasteiger partial charge in [-0.2, -0.15) is 0 Å². The van der Waals surface area contributed by atoms with Gasteiger partial charge >= 0.3 is 0 Å². The number of fused-ring (bicyclic) bond motifs is 1. The largest absolute Gasteiger partial charge is 0.347 e. The summed E-state index contributed by atoms with van der Waals surface area (Å²) in [6.45, 7) is 3.47. The normalized spacial score (nSPS) is 37.3. The van der Waals surface area contributed by atoms with E-state index in [2.05, 4.69) is 13.0 Å². The van der Waals surface area contributed by atoms with Crippen molar-refractivity contribution in [2.75, 3.05) is 13.2 Å². The van der Waals surface area contributed by atoms with E-state index in [1.54, 1.807) is 0 Å². The van der Waals surface area contributed by atoms with Crippen LogP contribution in [0.2, 0.25) is 0 Å². The van der Waals surface area contributed by atoms with Crippen molar-refractivity contribution in [1.29, 1.82) is 0 Å². The highest BCUT2D eigenvalue weighted by molar-refractivity contribution is 5.89. The van der Waals surface area contributed by atoms with E-state index in [1.165, 1.54) is 5.57 Å². The fraction of sp³-hybridized carbons (Fsp3) is 0.769. The van der Waals surface area contributed by atoms with Gasteiger partial charge in [-0.25, -0.2) is 0 Å². The summed E-state index contributed by atoms with van der Waals surface area (Å²) < 4.78 is 11.5. The molecule has 88 valence electrons. The maximum Gasteiger partial charge on any atom is 0.172 e. The van der Waals surface area contributed by atoms with E-state index in [0.717, 1.165) is 25.7 Å². The smallest absolute Gasteiger partial charge is 0.172 e. The molecule has 1 saturated heterocycles. The molecule has 1 atom stereocenters. The van der Waals surface area contributed by atoms with Crippen LogP contribution in [0.25, 0.3) is 0 Å². The Morgan fingerprint density at radius 2 is 2.00 bits per heavy atom. The Labute approximate surface area is 95.8 Å². The first kappa shape index (κ1) is 10.5. The molecule has 1 heterocycles.